The van der Waals surface area contributed by atoms with Gasteiger partial charge in [-0.3, -0.25) is 5.10 Å². The van der Waals surface area contributed by atoms with Crippen LogP contribution in [-0.4, -0.2) is 10.2 Å². The number of anilines is 2. The normalized spacial score (nSPS) is 10.1. The SMILES string of the molecule is Cc1cc(Nc2ccc(Br)cc2)[nH]n1. The molecule has 0 bridgehead atoms. The molecule has 0 unspecified atom stereocenters. The van der Waals surface area contributed by atoms with Gasteiger partial charge in [-0.25, -0.2) is 0 Å². The first kappa shape index (κ1) is 9.27. The van der Waals surface area contributed by atoms with E-state index in [-0.39, 0.29) is 0 Å². The maximum absolute atomic E-state index is 4.03. The number of aromatic amines is 1. The van der Waals surface area contributed by atoms with E-state index in [1.165, 1.54) is 0 Å². The van der Waals surface area contributed by atoms with Crippen molar-refractivity contribution in [3.05, 3.63) is 40.5 Å². The standard InChI is InChI=1S/C10H10BrN3/c1-7-6-10(14-13-7)12-9-4-2-8(11)3-5-9/h2-6H,1H3,(H2,12,13,14). The van der Waals surface area contributed by atoms with Gasteiger partial charge in [0.15, 0.2) is 0 Å². The van der Waals surface area contributed by atoms with Gasteiger partial charge >= 0.3 is 0 Å². The maximum atomic E-state index is 4.03. The quantitative estimate of drug-likeness (QED) is 0.861. The molecule has 0 atom stereocenters. The molecule has 2 N–H and O–H groups in total. The highest BCUT2D eigenvalue weighted by Crippen LogP contribution is 2.17. The average molecular weight is 252 g/mol. The molecule has 2 aromatic rings. The van der Waals surface area contributed by atoms with E-state index >= 15 is 0 Å². The predicted molar refractivity (Wildman–Crippen MR) is 60.7 cm³/mol. The first-order valence-corrected chi connectivity index (χ1v) is 5.08. The lowest BCUT2D eigenvalue weighted by Crippen LogP contribution is -1.89. The topological polar surface area (TPSA) is 40.7 Å². The third-order valence-electron chi connectivity index (χ3n) is 1.83. The Hall–Kier alpha value is -1.29. The largest absolute Gasteiger partial charge is 0.341 e. The Morgan fingerprint density at radius 2 is 2.00 bits per heavy atom. The number of nitrogens with zero attached hydrogens (tertiary/aromatic N) is 1. The first-order chi connectivity index (χ1) is 6.74. The molecule has 1 heterocycles. The molecule has 1 aromatic carbocycles. The van der Waals surface area contributed by atoms with Crippen molar-refractivity contribution >= 4 is 27.4 Å². The summed E-state index contributed by atoms with van der Waals surface area (Å²) >= 11 is 3.39. The van der Waals surface area contributed by atoms with Crippen LogP contribution < -0.4 is 5.32 Å². The minimum atomic E-state index is 0.907. The van der Waals surface area contributed by atoms with Gasteiger partial charge in [-0.1, -0.05) is 15.9 Å². The Bertz CT molecular complexity index is 419. The zero-order valence-electron chi connectivity index (χ0n) is 7.71. The Morgan fingerprint density at radius 1 is 1.29 bits per heavy atom. The van der Waals surface area contributed by atoms with Crippen molar-refractivity contribution in [2.75, 3.05) is 5.32 Å². The van der Waals surface area contributed by atoms with Gasteiger partial charge in [-0.05, 0) is 31.2 Å². The molecule has 0 aliphatic heterocycles. The highest BCUT2D eigenvalue weighted by molar-refractivity contribution is 9.10. The number of halogens is 1. The minimum Gasteiger partial charge on any atom is -0.341 e. The summed E-state index contributed by atoms with van der Waals surface area (Å²) in [4.78, 5) is 0. The molecule has 14 heavy (non-hydrogen) atoms. The Labute approximate surface area is 90.7 Å². The number of hydrogen-bond donors (Lipinski definition) is 2. The molecule has 0 spiro atoms. The number of aryl methyl sites for hydroxylation is 1. The summed E-state index contributed by atoms with van der Waals surface area (Å²) in [5.74, 6) is 0.907. The number of benzene rings is 1. The van der Waals surface area contributed by atoms with Gasteiger partial charge in [0, 0.05) is 16.2 Å². The van der Waals surface area contributed by atoms with Crippen LogP contribution in [0.2, 0.25) is 0 Å². The number of nitrogens with one attached hydrogen (secondary N) is 2. The summed E-state index contributed by atoms with van der Waals surface area (Å²) in [5, 5.41) is 10.1. The second kappa shape index (κ2) is 3.84. The van der Waals surface area contributed by atoms with Crippen molar-refractivity contribution in [2.24, 2.45) is 0 Å². The first-order valence-electron chi connectivity index (χ1n) is 4.28. The molecule has 4 heteroatoms. The van der Waals surface area contributed by atoms with Crippen LogP contribution in [-0.2, 0) is 0 Å². The van der Waals surface area contributed by atoms with Gasteiger partial charge in [-0.15, -0.1) is 0 Å². The van der Waals surface area contributed by atoms with Gasteiger partial charge in [-0.2, -0.15) is 5.10 Å². The van der Waals surface area contributed by atoms with Crippen LogP contribution in [0.5, 0.6) is 0 Å². The van der Waals surface area contributed by atoms with Crippen molar-refractivity contribution in [1.29, 1.82) is 0 Å². The fourth-order valence-corrected chi connectivity index (χ4v) is 1.44. The van der Waals surface area contributed by atoms with Crippen molar-refractivity contribution in [2.45, 2.75) is 6.92 Å². The van der Waals surface area contributed by atoms with Crippen LogP contribution in [0.1, 0.15) is 5.69 Å². The van der Waals surface area contributed by atoms with E-state index in [9.17, 15) is 0 Å². The van der Waals surface area contributed by atoms with Gasteiger partial charge in [0.1, 0.15) is 5.82 Å². The van der Waals surface area contributed by atoms with Crippen LogP contribution in [0.4, 0.5) is 11.5 Å². The van der Waals surface area contributed by atoms with E-state index in [2.05, 4.69) is 31.4 Å². The predicted octanol–water partition coefficient (Wildman–Crippen LogP) is 3.22. The van der Waals surface area contributed by atoms with Crippen molar-refractivity contribution in [3.8, 4) is 0 Å². The van der Waals surface area contributed by atoms with E-state index in [4.69, 9.17) is 0 Å². The fraction of sp³-hybridized carbons (Fsp3) is 0.100. The Kier molecular flexibility index (Phi) is 2.54. The molecule has 0 radical (unpaired) electrons. The van der Waals surface area contributed by atoms with E-state index in [1.54, 1.807) is 0 Å². The number of H-pyrrole nitrogens is 1. The summed E-state index contributed by atoms with van der Waals surface area (Å²) < 4.78 is 1.07. The smallest absolute Gasteiger partial charge is 0.126 e. The van der Waals surface area contributed by atoms with Gasteiger partial charge in [0.2, 0.25) is 0 Å². The zero-order chi connectivity index (χ0) is 9.97. The second-order valence-electron chi connectivity index (χ2n) is 3.05. The molecular weight excluding hydrogens is 242 g/mol. The molecule has 0 aliphatic carbocycles. The monoisotopic (exact) mass is 251 g/mol. The lowest BCUT2D eigenvalue weighted by Gasteiger charge is -2.02. The third-order valence-corrected chi connectivity index (χ3v) is 2.36. The molecule has 2 rings (SSSR count). The highest BCUT2D eigenvalue weighted by Gasteiger charge is 1.96. The van der Waals surface area contributed by atoms with Crippen LogP contribution in [0, 0.1) is 6.92 Å². The van der Waals surface area contributed by atoms with Crippen molar-refractivity contribution < 1.29 is 0 Å². The molecular formula is C10H10BrN3. The summed E-state index contributed by atoms with van der Waals surface area (Å²) in [6.45, 7) is 1.95. The molecule has 0 amide bonds. The zero-order valence-corrected chi connectivity index (χ0v) is 9.30. The van der Waals surface area contributed by atoms with E-state index in [0.717, 1.165) is 21.7 Å². The summed E-state index contributed by atoms with van der Waals surface area (Å²) in [7, 11) is 0. The summed E-state index contributed by atoms with van der Waals surface area (Å²) in [6.07, 6.45) is 0. The van der Waals surface area contributed by atoms with Gasteiger partial charge in [0.25, 0.3) is 0 Å². The van der Waals surface area contributed by atoms with Crippen LogP contribution in [0.3, 0.4) is 0 Å². The highest BCUT2D eigenvalue weighted by atomic mass is 79.9. The van der Waals surface area contributed by atoms with Crippen molar-refractivity contribution in [3.63, 3.8) is 0 Å². The van der Waals surface area contributed by atoms with Gasteiger partial charge in [0.05, 0.1) is 5.69 Å². The lowest BCUT2D eigenvalue weighted by atomic mass is 10.3. The van der Waals surface area contributed by atoms with Gasteiger partial charge < -0.3 is 5.32 Å². The number of hydrogen-bond acceptors (Lipinski definition) is 2. The molecule has 1 aromatic heterocycles. The second-order valence-corrected chi connectivity index (χ2v) is 3.97. The molecule has 0 saturated carbocycles. The number of aromatic nitrogens is 2. The van der Waals surface area contributed by atoms with Crippen molar-refractivity contribution in [1.82, 2.24) is 10.2 Å². The van der Waals surface area contributed by atoms with Crippen LogP contribution in [0.25, 0.3) is 0 Å². The minimum absolute atomic E-state index is 0.907. The average Bonchev–Trinajstić information content (AvgIpc) is 2.56. The van der Waals surface area contributed by atoms with E-state index < -0.39 is 0 Å². The maximum Gasteiger partial charge on any atom is 0.126 e. The van der Waals surface area contributed by atoms with E-state index in [1.807, 2.05) is 37.3 Å². The Morgan fingerprint density at radius 3 is 2.57 bits per heavy atom. The number of rotatable bonds is 2. The summed E-state index contributed by atoms with van der Waals surface area (Å²) in [6, 6.07) is 9.94. The van der Waals surface area contributed by atoms with Crippen LogP contribution >= 0.6 is 15.9 Å². The molecule has 0 fully saturated rings. The third kappa shape index (κ3) is 2.14. The fourth-order valence-electron chi connectivity index (χ4n) is 1.17. The Balaban J connectivity index is 2.15. The molecule has 0 aliphatic rings. The molecule has 3 nitrogen and oxygen atoms in total. The van der Waals surface area contributed by atoms with Crippen LogP contribution in [0.15, 0.2) is 34.8 Å². The summed E-state index contributed by atoms with van der Waals surface area (Å²) in [5.41, 5.74) is 2.02. The molecule has 0 saturated heterocycles. The lowest BCUT2D eigenvalue weighted by molar-refractivity contribution is 1.05. The van der Waals surface area contributed by atoms with E-state index in [0.29, 0.717) is 0 Å². The molecule has 72 valence electrons.